The van der Waals surface area contributed by atoms with Gasteiger partial charge in [0.25, 0.3) is 5.88 Å². The van der Waals surface area contributed by atoms with Gasteiger partial charge in [0.2, 0.25) is 5.91 Å². The maximum atomic E-state index is 11.2. The van der Waals surface area contributed by atoms with Crippen molar-refractivity contribution in [3.8, 4) is 11.6 Å². The average molecular weight is 367 g/mol. The summed E-state index contributed by atoms with van der Waals surface area (Å²) >= 11 is 0. The third-order valence-corrected chi connectivity index (χ3v) is 5.13. The molecule has 1 fully saturated rings. The van der Waals surface area contributed by atoms with Gasteiger partial charge >= 0.3 is 0 Å². The van der Waals surface area contributed by atoms with Gasteiger partial charge in [-0.25, -0.2) is 4.98 Å². The molecule has 6 nitrogen and oxygen atoms in total. The molecule has 1 aromatic carbocycles. The van der Waals surface area contributed by atoms with Gasteiger partial charge in [-0.2, -0.15) is 0 Å². The molecule has 6 heteroatoms. The van der Waals surface area contributed by atoms with Crippen molar-refractivity contribution < 1.29 is 14.3 Å². The Kier molecular flexibility index (Phi) is 5.25. The van der Waals surface area contributed by atoms with Crippen LogP contribution in [0.15, 0.2) is 42.6 Å². The second kappa shape index (κ2) is 7.96. The highest BCUT2D eigenvalue weighted by Gasteiger charge is 2.24. The maximum Gasteiger partial charge on any atom is 0.257 e. The van der Waals surface area contributed by atoms with Gasteiger partial charge in [-0.15, -0.1) is 0 Å². The lowest BCUT2D eigenvalue weighted by Gasteiger charge is -2.32. The van der Waals surface area contributed by atoms with E-state index in [1.54, 1.807) is 13.1 Å². The van der Waals surface area contributed by atoms with Crippen LogP contribution in [0.3, 0.4) is 0 Å². The molecule has 142 valence electrons. The number of nitrogens with zero attached hydrogens (tertiary/aromatic N) is 2. The number of benzene rings is 1. The molecule has 2 aromatic rings. The molecule has 1 amide bonds. The fourth-order valence-electron chi connectivity index (χ4n) is 3.69. The number of piperidine rings is 1. The number of hydrogen-bond donors (Lipinski definition) is 1. The van der Waals surface area contributed by atoms with Crippen molar-refractivity contribution in [3.63, 3.8) is 0 Å². The lowest BCUT2D eigenvalue weighted by Crippen LogP contribution is -2.43. The topological polar surface area (TPSA) is 63.7 Å². The highest BCUT2D eigenvalue weighted by molar-refractivity contribution is 5.73. The van der Waals surface area contributed by atoms with Gasteiger partial charge in [0.05, 0.1) is 0 Å². The summed E-state index contributed by atoms with van der Waals surface area (Å²) in [6, 6.07) is 12.6. The van der Waals surface area contributed by atoms with Gasteiger partial charge < -0.3 is 14.8 Å². The number of rotatable bonds is 4. The first kappa shape index (κ1) is 17.8. The Labute approximate surface area is 159 Å². The number of aromatic nitrogens is 1. The lowest BCUT2D eigenvalue weighted by molar-refractivity contribution is -0.119. The van der Waals surface area contributed by atoms with Crippen molar-refractivity contribution in [1.82, 2.24) is 15.2 Å². The van der Waals surface area contributed by atoms with E-state index in [2.05, 4.69) is 39.5 Å². The van der Waals surface area contributed by atoms with E-state index in [-0.39, 0.29) is 12.0 Å². The van der Waals surface area contributed by atoms with E-state index in [1.165, 1.54) is 5.56 Å². The summed E-state index contributed by atoms with van der Waals surface area (Å²) < 4.78 is 11.7. The summed E-state index contributed by atoms with van der Waals surface area (Å²) in [5.41, 5.74) is 2.38. The molecule has 3 heterocycles. The van der Waals surface area contributed by atoms with Crippen LogP contribution in [-0.2, 0) is 11.3 Å². The fourth-order valence-corrected chi connectivity index (χ4v) is 3.69. The van der Waals surface area contributed by atoms with Gasteiger partial charge in [-0.05, 0) is 36.1 Å². The molecule has 2 aliphatic rings. The SMILES string of the molecule is CC(=O)NC1CCN(Cc2ccc(C3COc4cccnc4O3)cc2)CC1. The Morgan fingerprint density at radius 2 is 2.00 bits per heavy atom. The van der Waals surface area contributed by atoms with Crippen molar-refractivity contribution in [1.29, 1.82) is 0 Å². The average Bonchev–Trinajstić information content (AvgIpc) is 2.69. The van der Waals surface area contributed by atoms with Gasteiger partial charge in [0.1, 0.15) is 6.61 Å². The molecule has 1 N–H and O–H groups in total. The number of ether oxygens (including phenoxy) is 2. The Balaban J connectivity index is 1.32. The molecule has 1 saturated heterocycles. The minimum absolute atomic E-state index is 0.0655. The van der Waals surface area contributed by atoms with Crippen LogP contribution < -0.4 is 14.8 Å². The summed E-state index contributed by atoms with van der Waals surface area (Å²) in [5, 5.41) is 3.02. The zero-order chi connectivity index (χ0) is 18.6. The quantitative estimate of drug-likeness (QED) is 0.900. The van der Waals surface area contributed by atoms with Crippen molar-refractivity contribution in [3.05, 3.63) is 53.7 Å². The second-order valence-electron chi connectivity index (χ2n) is 7.22. The number of likely N-dealkylation sites (tertiary alicyclic amines) is 1. The molecular formula is C21H25N3O3. The summed E-state index contributed by atoms with van der Waals surface area (Å²) in [6.07, 6.45) is 3.60. The van der Waals surface area contributed by atoms with Crippen molar-refractivity contribution in [2.75, 3.05) is 19.7 Å². The Bertz CT molecular complexity index is 786. The zero-order valence-corrected chi connectivity index (χ0v) is 15.6. The van der Waals surface area contributed by atoms with E-state index < -0.39 is 0 Å². The monoisotopic (exact) mass is 367 g/mol. The van der Waals surface area contributed by atoms with Gasteiger partial charge in [0.15, 0.2) is 11.9 Å². The minimum atomic E-state index is -0.130. The first-order valence-electron chi connectivity index (χ1n) is 9.50. The van der Waals surface area contributed by atoms with E-state index in [9.17, 15) is 4.79 Å². The van der Waals surface area contributed by atoms with Crippen LogP contribution in [0.2, 0.25) is 0 Å². The molecule has 1 aromatic heterocycles. The van der Waals surface area contributed by atoms with E-state index in [0.717, 1.165) is 38.0 Å². The highest BCUT2D eigenvalue weighted by atomic mass is 16.6. The Morgan fingerprint density at radius 3 is 2.74 bits per heavy atom. The number of pyridine rings is 1. The minimum Gasteiger partial charge on any atom is -0.484 e. The van der Waals surface area contributed by atoms with E-state index in [1.807, 2.05) is 12.1 Å². The van der Waals surface area contributed by atoms with Crippen LogP contribution in [0.4, 0.5) is 0 Å². The fraction of sp³-hybridized carbons (Fsp3) is 0.429. The van der Waals surface area contributed by atoms with Crippen LogP contribution in [0.5, 0.6) is 11.6 Å². The smallest absolute Gasteiger partial charge is 0.257 e. The van der Waals surface area contributed by atoms with Gasteiger partial charge in [-0.1, -0.05) is 24.3 Å². The molecule has 4 rings (SSSR count). The van der Waals surface area contributed by atoms with Crippen LogP contribution in [-0.4, -0.2) is 41.5 Å². The van der Waals surface area contributed by atoms with E-state index in [4.69, 9.17) is 9.47 Å². The van der Waals surface area contributed by atoms with Crippen molar-refractivity contribution >= 4 is 5.91 Å². The van der Waals surface area contributed by atoms with Crippen LogP contribution in [0.1, 0.15) is 37.0 Å². The number of fused-ring (bicyclic) bond motifs is 1. The molecule has 0 radical (unpaired) electrons. The van der Waals surface area contributed by atoms with Crippen molar-refractivity contribution in [2.45, 2.75) is 38.5 Å². The third-order valence-electron chi connectivity index (χ3n) is 5.13. The first-order valence-corrected chi connectivity index (χ1v) is 9.50. The standard InChI is InChI=1S/C21H25N3O3/c1-15(25)23-18-8-11-24(12-9-18)13-16-4-6-17(7-5-16)20-14-26-19-3-2-10-22-21(19)27-20/h2-7,10,18,20H,8-9,11-14H2,1H3,(H,23,25). The molecular weight excluding hydrogens is 342 g/mol. The zero-order valence-electron chi connectivity index (χ0n) is 15.6. The third kappa shape index (κ3) is 4.39. The summed E-state index contributed by atoms with van der Waals surface area (Å²) in [6.45, 7) is 5.03. The molecule has 1 atom stereocenters. The molecule has 2 aliphatic heterocycles. The second-order valence-corrected chi connectivity index (χ2v) is 7.22. The Hall–Kier alpha value is -2.60. The Morgan fingerprint density at radius 1 is 1.22 bits per heavy atom. The molecule has 27 heavy (non-hydrogen) atoms. The number of carbonyl (C=O) groups excluding carboxylic acids is 1. The summed E-state index contributed by atoms with van der Waals surface area (Å²) in [7, 11) is 0. The normalized spacial score (nSPS) is 20.3. The van der Waals surface area contributed by atoms with E-state index >= 15 is 0 Å². The molecule has 0 bridgehead atoms. The predicted octanol–water partition coefficient (Wildman–Crippen LogP) is 2.69. The highest BCUT2D eigenvalue weighted by Crippen LogP contribution is 2.34. The first-order chi connectivity index (χ1) is 13.2. The van der Waals surface area contributed by atoms with Crippen LogP contribution in [0.25, 0.3) is 0 Å². The predicted molar refractivity (Wildman–Crippen MR) is 102 cm³/mol. The van der Waals surface area contributed by atoms with Gasteiger partial charge in [0, 0.05) is 38.8 Å². The number of nitrogens with one attached hydrogen (secondary N) is 1. The number of carbonyl (C=O) groups is 1. The van der Waals surface area contributed by atoms with Crippen LogP contribution in [0, 0.1) is 0 Å². The molecule has 0 saturated carbocycles. The van der Waals surface area contributed by atoms with Gasteiger partial charge in [-0.3, -0.25) is 9.69 Å². The molecule has 0 spiro atoms. The number of hydrogen-bond acceptors (Lipinski definition) is 5. The van der Waals surface area contributed by atoms with Crippen molar-refractivity contribution in [2.24, 2.45) is 0 Å². The summed E-state index contributed by atoms with van der Waals surface area (Å²) in [4.78, 5) is 17.8. The largest absolute Gasteiger partial charge is 0.484 e. The van der Waals surface area contributed by atoms with E-state index in [0.29, 0.717) is 24.3 Å². The summed E-state index contributed by atoms with van der Waals surface area (Å²) in [5.74, 6) is 1.32. The maximum absolute atomic E-state index is 11.2. The van der Waals surface area contributed by atoms with Crippen LogP contribution >= 0.6 is 0 Å². The number of amides is 1. The molecule has 0 aliphatic carbocycles. The molecule has 1 unspecified atom stereocenters. The lowest BCUT2D eigenvalue weighted by atomic mass is 10.0.